The molecule has 1 aliphatic heterocycles. The molecular weight excluding hydrogens is 430 g/mol. The van der Waals surface area contributed by atoms with Gasteiger partial charge in [0.05, 0.1) is 18.3 Å². The number of hydrogen-bond donors (Lipinski definition) is 0. The maximum atomic E-state index is 14.4. The van der Waals surface area contributed by atoms with Crippen LogP contribution in [-0.2, 0) is 13.2 Å². The summed E-state index contributed by atoms with van der Waals surface area (Å²) < 4.78 is 41.2. The van der Waals surface area contributed by atoms with E-state index in [9.17, 15) is 13.6 Å². The zero-order chi connectivity index (χ0) is 22.3. The van der Waals surface area contributed by atoms with Crippen molar-refractivity contribution in [2.75, 3.05) is 11.9 Å². The Hall–Kier alpha value is -3.20. The Balaban J connectivity index is 1.51. The van der Waals surface area contributed by atoms with Gasteiger partial charge in [0.1, 0.15) is 23.3 Å². The molecule has 0 spiro atoms. The molecule has 0 amide bonds. The first-order valence-corrected chi connectivity index (χ1v) is 9.78. The Morgan fingerprint density at radius 1 is 1.19 bits per heavy atom. The van der Waals surface area contributed by atoms with Crippen molar-refractivity contribution in [3.05, 3.63) is 69.4 Å². The van der Waals surface area contributed by atoms with Gasteiger partial charge < -0.3 is 14.4 Å². The summed E-state index contributed by atoms with van der Waals surface area (Å²) in [6.07, 6.45) is 1.26. The Morgan fingerprint density at radius 3 is 2.55 bits per heavy atom. The van der Waals surface area contributed by atoms with Crippen molar-refractivity contribution < 1.29 is 18.3 Å². The lowest BCUT2D eigenvalue weighted by Crippen LogP contribution is -2.38. The molecule has 0 saturated heterocycles. The number of aromatic nitrogens is 3. The summed E-state index contributed by atoms with van der Waals surface area (Å²) in [5.41, 5.74) is -0.469. The highest BCUT2D eigenvalue weighted by Gasteiger charge is 2.34. The molecule has 162 valence electrons. The molecule has 2 aromatic heterocycles. The van der Waals surface area contributed by atoms with Gasteiger partial charge >= 0.3 is 5.69 Å². The predicted molar refractivity (Wildman–Crippen MR) is 111 cm³/mol. The van der Waals surface area contributed by atoms with Gasteiger partial charge in [-0.05, 0) is 43.7 Å². The van der Waals surface area contributed by atoms with Crippen molar-refractivity contribution in [2.24, 2.45) is 0 Å². The number of pyridine rings is 1. The van der Waals surface area contributed by atoms with E-state index in [1.54, 1.807) is 10.6 Å². The molecule has 0 fully saturated rings. The molecule has 1 aliphatic rings. The third kappa shape index (κ3) is 4.18. The van der Waals surface area contributed by atoms with E-state index in [1.165, 1.54) is 18.3 Å². The number of nitrogens with zero attached hydrogens (tertiary/aromatic N) is 4. The highest BCUT2D eigenvalue weighted by Crippen LogP contribution is 2.32. The quantitative estimate of drug-likeness (QED) is 0.546. The van der Waals surface area contributed by atoms with Crippen LogP contribution in [0.5, 0.6) is 17.4 Å². The standard InChI is InChI=1S/C21H19ClF2N4O3/c1-21(2)11-28-18(27(21)3)8-17(26-20(28)29)30-10-12-6-14(23)19(15(24)7-12)31-13-4-5-16(22)25-9-13/h4-9H,10-11H2,1-3H3. The lowest BCUT2D eigenvalue weighted by molar-refractivity contribution is 0.289. The molecule has 0 N–H and O–H groups in total. The van der Waals surface area contributed by atoms with E-state index in [0.29, 0.717) is 12.4 Å². The third-order valence-corrected chi connectivity index (χ3v) is 5.35. The number of hydrogen-bond acceptors (Lipinski definition) is 6. The fraction of sp³-hybridized carbons (Fsp3) is 0.286. The summed E-state index contributed by atoms with van der Waals surface area (Å²) in [6, 6.07) is 6.71. The first-order chi connectivity index (χ1) is 14.6. The Kier molecular flexibility index (Phi) is 5.30. The van der Waals surface area contributed by atoms with Crippen LogP contribution in [0.3, 0.4) is 0 Å². The van der Waals surface area contributed by atoms with Gasteiger partial charge in [-0.2, -0.15) is 4.98 Å². The largest absolute Gasteiger partial charge is 0.473 e. The number of ether oxygens (including phenoxy) is 2. The molecule has 10 heteroatoms. The second kappa shape index (κ2) is 7.81. The number of benzene rings is 1. The maximum absolute atomic E-state index is 14.4. The molecule has 3 heterocycles. The summed E-state index contributed by atoms with van der Waals surface area (Å²) in [6.45, 7) is 4.34. The molecule has 0 saturated carbocycles. The highest BCUT2D eigenvalue weighted by atomic mass is 35.5. The van der Waals surface area contributed by atoms with Gasteiger partial charge in [-0.15, -0.1) is 0 Å². The lowest BCUT2D eigenvalue weighted by atomic mass is 10.1. The Morgan fingerprint density at radius 2 is 1.90 bits per heavy atom. The second-order valence-electron chi connectivity index (χ2n) is 7.79. The minimum atomic E-state index is -0.906. The summed E-state index contributed by atoms with van der Waals surface area (Å²) in [4.78, 5) is 22.0. The minimum Gasteiger partial charge on any atom is -0.473 e. The monoisotopic (exact) mass is 448 g/mol. The number of rotatable bonds is 5. The zero-order valence-corrected chi connectivity index (χ0v) is 17.8. The molecule has 0 unspecified atom stereocenters. The molecule has 0 aliphatic carbocycles. The number of fused-ring (bicyclic) bond motifs is 1. The average molecular weight is 449 g/mol. The number of anilines is 1. The zero-order valence-electron chi connectivity index (χ0n) is 17.0. The van der Waals surface area contributed by atoms with E-state index in [-0.39, 0.29) is 34.5 Å². The topological polar surface area (TPSA) is 69.5 Å². The normalized spacial score (nSPS) is 14.5. The van der Waals surface area contributed by atoms with Crippen molar-refractivity contribution in [1.29, 1.82) is 0 Å². The fourth-order valence-electron chi connectivity index (χ4n) is 3.27. The summed E-state index contributed by atoms with van der Waals surface area (Å²) in [7, 11) is 1.88. The van der Waals surface area contributed by atoms with Crippen molar-refractivity contribution >= 4 is 17.4 Å². The molecular formula is C21H19ClF2N4O3. The van der Waals surface area contributed by atoms with Gasteiger partial charge in [0.2, 0.25) is 5.88 Å². The highest BCUT2D eigenvalue weighted by molar-refractivity contribution is 6.29. The molecule has 7 nitrogen and oxygen atoms in total. The maximum Gasteiger partial charge on any atom is 0.352 e. The van der Waals surface area contributed by atoms with Crippen molar-refractivity contribution in [1.82, 2.24) is 14.5 Å². The lowest BCUT2D eigenvalue weighted by Gasteiger charge is -2.28. The van der Waals surface area contributed by atoms with Crippen LogP contribution in [0, 0.1) is 11.6 Å². The Labute approximate surface area is 181 Å². The van der Waals surface area contributed by atoms with Crippen molar-refractivity contribution in [3.63, 3.8) is 0 Å². The molecule has 0 atom stereocenters. The van der Waals surface area contributed by atoms with Crippen LogP contribution in [0.15, 0.2) is 41.3 Å². The first-order valence-electron chi connectivity index (χ1n) is 9.40. The van der Waals surface area contributed by atoms with Crippen LogP contribution < -0.4 is 20.1 Å². The van der Waals surface area contributed by atoms with E-state index < -0.39 is 23.1 Å². The molecule has 0 radical (unpaired) electrons. The van der Waals surface area contributed by atoms with E-state index in [4.69, 9.17) is 21.1 Å². The van der Waals surface area contributed by atoms with E-state index in [0.717, 1.165) is 12.1 Å². The Bertz CT molecular complexity index is 1180. The molecule has 4 rings (SSSR count). The van der Waals surface area contributed by atoms with Gasteiger partial charge in [-0.25, -0.2) is 18.6 Å². The van der Waals surface area contributed by atoms with Crippen LogP contribution in [-0.4, -0.2) is 27.1 Å². The predicted octanol–water partition coefficient (Wildman–Crippen LogP) is 4.17. The molecule has 0 bridgehead atoms. The fourth-order valence-corrected chi connectivity index (χ4v) is 3.38. The molecule has 3 aromatic rings. The SMILES string of the molecule is CN1c2cc(OCc3cc(F)c(Oc4ccc(Cl)nc4)c(F)c3)nc(=O)n2CC1(C)C. The van der Waals surface area contributed by atoms with Crippen molar-refractivity contribution in [3.8, 4) is 17.4 Å². The van der Waals surface area contributed by atoms with Gasteiger partial charge in [-0.3, -0.25) is 4.57 Å². The summed E-state index contributed by atoms with van der Waals surface area (Å²) >= 11 is 5.69. The van der Waals surface area contributed by atoms with Crippen LogP contribution in [0.2, 0.25) is 5.15 Å². The summed E-state index contributed by atoms with van der Waals surface area (Å²) in [5, 5.41) is 0.232. The van der Waals surface area contributed by atoms with Crippen molar-refractivity contribution in [2.45, 2.75) is 32.5 Å². The second-order valence-corrected chi connectivity index (χ2v) is 8.18. The van der Waals surface area contributed by atoms with E-state index in [2.05, 4.69) is 9.97 Å². The van der Waals surface area contributed by atoms with E-state index >= 15 is 0 Å². The van der Waals surface area contributed by atoms with Crippen LogP contribution >= 0.6 is 11.6 Å². The van der Waals surface area contributed by atoms with Gasteiger partial charge in [0.25, 0.3) is 0 Å². The minimum absolute atomic E-state index is 0.0779. The third-order valence-electron chi connectivity index (χ3n) is 5.13. The average Bonchev–Trinajstić information content (AvgIpc) is 2.94. The van der Waals surface area contributed by atoms with Crippen LogP contribution in [0.1, 0.15) is 19.4 Å². The number of likely N-dealkylation sites (N-methyl/N-ethyl adjacent to an activating group) is 1. The molecule has 1 aromatic carbocycles. The summed E-state index contributed by atoms with van der Waals surface area (Å²) in [5.74, 6) is -1.49. The molecule has 31 heavy (non-hydrogen) atoms. The van der Waals surface area contributed by atoms with Crippen LogP contribution in [0.25, 0.3) is 0 Å². The van der Waals surface area contributed by atoms with Gasteiger partial charge in [0.15, 0.2) is 17.4 Å². The number of halogens is 3. The smallest absolute Gasteiger partial charge is 0.352 e. The van der Waals surface area contributed by atoms with Gasteiger partial charge in [-0.1, -0.05) is 11.6 Å². The van der Waals surface area contributed by atoms with Crippen LogP contribution in [0.4, 0.5) is 14.6 Å². The van der Waals surface area contributed by atoms with E-state index in [1.807, 2.05) is 25.8 Å². The van der Waals surface area contributed by atoms with Gasteiger partial charge in [0, 0.05) is 13.1 Å². The first kappa shape index (κ1) is 21.0.